The van der Waals surface area contributed by atoms with Crippen molar-refractivity contribution in [2.24, 2.45) is 11.7 Å². The maximum absolute atomic E-state index is 11.7. The first-order valence-corrected chi connectivity index (χ1v) is 5.52. The van der Waals surface area contributed by atoms with Crippen LogP contribution >= 0.6 is 0 Å². The Kier molecular flexibility index (Phi) is 3.19. The molecule has 0 saturated heterocycles. The van der Waals surface area contributed by atoms with E-state index in [0.717, 1.165) is 19.3 Å². The third-order valence-corrected chi connectivity index (χ3v) is 3.01. The summed E-state index contributed by atoms with van der Waals surface area (Å²) in [7, 11) is 0. The molecule has 1 fully saturated rings. The first-order chi connectivity index (χ1) is 7.70. The molecule has 0 bridgehead atoms. The Bertz CT molecular complexity index is 377. The van der Waals surface area contributed by atoms with Crippen LogP contribution in [0.2, 0.25) is 0 Å². The van der Waals surface area contributed by atoms with Crippen molar-refractivity contribution < 1.29 is 9.32 Å². The SMILES string of the molecule is Cc1nc(C(=O)NC2CCCC2CN)no1. The highest BCUT2D eigenvalue weighted by Crippen LogP contribution is 2.24. The highest BCUT2D eigenvalue weighted by molar-refractivity contribution is 5.90. The van der Waals surface area contributed by atoms with Crippen LogP contribution in [0.4, 0.5) is 0 Å². The van der Waals surface area contributed by atoms with Crippen molar-refractivity contribution in [2.75, 3.05) is 6.54 Å². The van der Waals surface area contributed by atoms with Gasteiger partial charge in [0.1, 0.15) is 0 Å². The number of aromatic nitrogens is 2. The Hall–Kier alpha value is -1.43. The van der Waals surface area contributed by atoms with Gasteiger partial charge < -0.3 is 15.6 Å². The normalized spacial score (nSPS) is 24.6. The Labute approximate surface area is 93.6 Å². The summed E-state index contributed by atoms with van der Waals surface area (Å²) in [5.74, 6) is 0.589. The van der Waals surface area contributed by atoms with Gasteiger partial charge in [-0.3, -0.25) is 4.79 Å². The predicted molar refractivity (Wildman–Crippen MR) is 56.7 cm³/mol. The number of carbonyl (C=O) groups excluding carboxylic acids is 1. The van der Waals surface area contributed by atoms with E-state index in [2.05, 4.69) is 15.5 Å². The molecule has 88 valence electrons. The smallest absolute Gasteiger partial charge is 0.292 e. The van der Waals surface area contributed by atoms with Gasteiger partial charge in [-0.25, -0.2) is 0 Å². The van der Waals surface area contributed by atoms with Crippen LogP contribution in [0.15, 0.2) is 4.52 Å². The molecule has 1 heterocycles. The molecule has 1 amide bonds. The van der Waals surface area contributed by atoms with Gasteiger partial charge in [0, 0.05) is 13.0 Å². The molecule has 1 aliphatic rings. The van der Waals surface area contributed by atoms with Gasteiger partial charge in [-0.1, -0.05) is 11.6 Å². The predicted octanol–water partition coefficient (Wildman–Crippen LogP) is 0.235. The number of nitrogens with one attached hydrogen (secondary N) is 1. The Morgan fingerprint density at radius 1 is 1.62 bits per heavy atom. The number of hydrogen-bond acceptors (Lipinski definition) is 5. The third-order valence-electron chi connectivity index (χ3n) is 3.01. The fourth-order valence-electron chi connectivity index (χ4n) is 2.13. The number of rotatable bonds is 3. The van der Waals surface area contributed by atoms with Crippen LogP contribution < -0.4 is 11.1 Å². The number of nitrogens with zero attached hydrogens (tertiary/aromatic N) is 2. The van der Waals surface area contributed by atoms with Gasteiger partial charge in [0.2, 0.25) is 5.89 Å². The molecule has 0 radical (unpaired) electrons. The second-order valence-electron chi connectivity index (χ2n) is 4.14. The van der Waals surface area contributed by atoms with E-state index in [-0.39, 0.29) is 17.8 Å². The van der Waals surface area contributed by atoms with Crippen molar-refractivity contribution in [1.29, 1.82) is 0 Å². The summed E-state index contributed by atoms with van der Waals surface area (Å²) in [6, 6.07) is 0.149. The van der Waals surface area contributed by atoms with E-state index in [1.807, 2.05) is 0 Å². The zero-order valence-electron chi connectivity index (χ0n) is 9.27. The van der Waals surface area contributed by atoms with Crippen molar-refractivity contribution in [3.63, 3.8) is 0 Å². The lowest BCUT2D eigenvalue weighted by atomic mass is 10.0. The van der Waals surface area contributed by atoms with Crippen LogP contribution in [0.25, 0.3) is 0 Å². The number of hydrogen-bond donors (Lipinski definition) is 2. The van der Waals surface area contributed by atoms with E-state index in [0.29, 0.717) is 18.4 Å². The van der Waals surface area contributed by atoms with E-state index in [1.165, 1.54) is 0 Å². The minimum Gasteiger partial charge on any atom is -0.346 e. The lowest BCUT2D eigenvalue weighted by Gasteiger charge is -2.18. The molecule has 2 unspecified atom stereocenters. The molecule has 0 spiro atoms. The van der Waals surface area contributed by atoms with Crippen molar-refractivity contribution in [3.05, 3.63) is 11.7 Å². The standard InChI is InChI=1S/C10H16N4O2/c1-6-12-9(14-16-6)10(15)13-8-4-2-3-7(8)5-11/h7-8H,2-5,11H2,1H3,(H,13,15). The number of carbonyl (C=O) groups is 1. The lowest BCUT2D eigenvalue weighted by Crippen LogP contribution is -2.40. The molecule has 6 nitrogen and oxygen atoms in total. The first kappa shape index (κ1) is 11.1. The Balaban J connectivity index is 1.97. The highest BCUT2D eigenvalue weighted by Gasteiger charge is 2.28. The number of amides is 1. The molecule has 2 atom stereocenters. The van der Waals surface area contributed by atoms with Gasteiger partial charge in [0.15, 0.2) is 0 Å². The Morgan fingerprint density at radius 2 is 2.44 bits per heavy atom. The third kappa shape index (κ3) is 2.21. The topological polar surface area (TPSA) is 94.0 Å². The summed E-state index contributed by atoms with van der Waals surface area (Å²) in [6.45, 7) is 2.26. The molecule has 1 aromatic rings. The van der Waals surface area contributed by atoms with Crippen LogP contribution in [0.5, 0.6) is 0 Å². The fourth-order valence-corrected chi connectivity index (χ4v) is 2.13. The van der Waals surface area contributed by atoms with E-state index >= 15 is 0 Å². The largest absolute Gasteiger partial charge is 0.346 e. The van der Waals surface area contributed by atoms with E-state index in [1.54, 1.807) is 6.92 Å². The van der Waals surface area contributed by atoms with Gasteiger partial charge >= 0.3 is 0 Å². The average molecular weight is 224 g/mol. The van der Waals surface area contributed by atoms with Gasteiger partial charge in [0.25, 0.3) is 11.7 Å². The van der Waals surface area contributed by atoms with Crippen LogP contribution in [-0.2, 0) is 0 Å². The molecule has 0 aromatic carbocycles. The molecule has 1 saturated carbocycles. The molecule has 3 N–H and O–H groups in total. The molecule has 0 aliphatic heterocycles. The van der Waals surface area contributed by atoms with Gasteiger partial charge in [0.05, 0.1) is 0 Å². The zero-order valence-corrected chi connectivity index (χ0v) is 9.27. The van der Waals surface area contributed by atoms with Crippen molar-refractivity contribution in [3.8, 4) is 0 Å². The summed E-state index contributed by atoms with van der Waals surface area (Å²) in [6.07, 6.45) is 3.16. The van der Waals surface area contributed by atoms with Crippen molar-refractivity contribution in [2.45, 2.75) is 32.2 Å². The van der Waals surface area contributed by atoms with E-state index in [4.69, 9.17) is 10.3 Å². The van der Waals surface area contributed by atoms with Gasteiger partial charge in [-0.05, 0) is 25.3 Å². The lowest BCUT2D eigenvalue weighted by molar-refractivity contribution is 0.0915. The maximum Gasteiger partial charge on any atom is 0.292 e. The highest BCUT2D eigenvalue weighted by atomic mass is 16.5. The second-order valence-corrected chi connectivity index (χ2v) is 4.14. The van der Waals surface area contributed by atoms with Crippen LogP contribution in [0.1, 0.15) is 35.8 Å². The first-order valence-electron chi connectivity index (χ1n) is 5.52. The van der Waals surface area contributed by atoms with Crippen molar-refractivity contribution in [1.82, 2.24) is 15.5 Å². The monoisotopic (exact) mass is 224 g/mol. The van der Waals surface area contributed by atoms with Crippen LogP contribution in [-0.4, -0.2) is 28.6 Å². The fraction of sp³-hybridized carbons (Fsp3) is 0.700. The number of nitrogens with two attached hydrogens (primary N) is 1. The van der Waals surface area contributed by atoms with Gasteiger partial charge in [-0.15, -0.1) is 0 Å². The van der Waals surface area contributed by atoms with E-state index in [9.17, 15) is 4.79 Å². The number of aryl methyl sites for hydroxylation is 1. The summed E-state index contributed by atoms with van der Waals surface area (Å²) in [5.41, 5.74) is 5.64. The molecule has 1 aromatic heterocycles. The zero-order chi connectivity index (χ0) is 11.5. The maximum atomic E-state index is 11.7. The molecular weight excluding hydrogens is 208 g/mol. The summed E-state index contributed by atoms with van der Waals surface area (Å²) in [4.78, 5) is 15.6. The van der Waals surface area contributed by atoms with Crippen LogP contribution in [0.3, 0.4) is 0 Å². The summed E-state index contributed by atoms with van der Waals surface area (Å²) in [5, 5.41) is 6.48. The quantitative estimate of drug-likeness (QED) is 0.766. The molecule has 16 heavy (non-hydrogen) atoms. The summed E-state index contributed by atoms with van der Waals surface area (Å²) < 4.78 is 4.76. The molecule has 1 aliphatic carbocycles. The minimum absolute atomic E-state index is 0.0974. The average Bonchev–Trinajstić information content (AvgIpc) is 2.86. The van der Waals surface area contributed by atoms with Gasteiger partial charge in [-0.2, -0.15) is 4.98 Å². The molecule has 6 heteroatoms. The Morgan fingerprint density at radius 3 is 3.06 bits per heavy atom. The van der Waals surface area contributed by atoms with E-state index < -0.39 is 0 Å². The molecular formula is C10H16N4O2. The van der Waals surface area contributed by atoms with Crippen molar-refractivity contribution >= 4 is 5.91 Å². The second kappa shape index (κ2) is 4.61. The van der Waals surface area contributed by atoms with Crippen LogP contribution in [0, 0.1) is 12.8 Å². The minimum atomic E-state index is -0.276. The molecule has 2 rings (SSSR count). The summed E-state index contributed by atoms with van der Waals surface area (Å²) >= 11 is 0.